The molecule has 0 saturated carbocycles. The first-order valence-corrected chi connectivity index (χ1v) is 10.0. The van der Waals surface area contributed by atoms with Gasteiger partial charge in [-0.15, -0.1) is 19.6 Å². The van der Waals surface area contributed by atoms with E-state index >= 15 is 0 Å². The molecule has 32 heavy (non-hydrogen) atoms. The molecule has 0 aromatic heterocycles. The van der Waals surface area contributed by atoms with Crippen molar-refractivity contribution in [1.29, 1.82) is 0 Å². The third-order valence-electron chi connectivity index (χ3n) is 5.15. The lowest BCUT2D eigenvalue weighted by molar-refractivity contribution is -0.274. The van der Waals surface area contributed by atoms with Crippen molar-refractivity contribution in [3.8, 4) is 29.6 Å². The van der Waals surface area contributed by atoms with Crippen LogP contribution in [0.1, 0.15) is 30.9 Å². The van der Waals surface area contributed by atoms with Crippen LogP contribution in [0.4, 0.5) is 17.6 Å². The van der Waals surface area contributed by atoms with Crippen LogP contribution in [0.2, 0.25) is 0 Å². The Kier molecular flexibility index (Phi) is 7.09. The van der Waals surface area contributed by atoms with Crippen molar-refractivity contribution in [2.75, 3.05) is 0 Å². The fourth-order valence-corrected chi connectivity index (χ4v) is 3.37. The summed E-state index contributed by atoms with van der Waals surface area (Å²) < 4.78 is 60.8. The molecule has 1 unspecified atom stereocenters. The summed E-state index contributed by atoms with van der Waals surface area (Å²) in [4.78, 5) is 0. The summed E-state index contributed by atoms with van der Waals surface area (Å²) in [6.07, 6.45) is 2.94. The van der Waals surface area contributed by atoms with Gasteiger partial charge in [0.1, 0.15) is 11.5 Å². The molecule has 0 bridgehead atoms. The highest BCUT2D eigenvalue weighted by Crippen LogP contribution is 2.32. The maximum absolute atomic E-state index is 14.1. The molecule has 0 aliphatic rings. The minimum atomic E-state index is -4.74. The molecule has 0 fully saturated rings. The summed E-state index contributed by atoms with van der Waals surface area (Å²) in [6.45, 7) is 1.86. The SMILES string of the molecule is C#CC(C)(CCCc1ccc(F)c(Oc2ccccc2)c1)c1ccc(OC(F)(F)F)cc1. The second-order valence-corrected chi connectivity index (χ2v) is 7.58. The number of halogens is 4. The lowest BCUT2D eigenvalue weighted by Crippen LogP contribution is -2.20. The van der Waals surface area contributed by atoms with Gasteiger partial charge in [-0.05, 0) is 73.7 Å². The van der Waals surface area contributed by atoms with Gasteiger partial charge in [0.25, 0.3) is 0 Å². The molecular weight excluding hydrogens is 420 g/mol. The molecule has 2 nitrogen and oxygen atoms in total. The molecule has 0 aliphatic carbocycles. The van der Waals surface area contributed by atoms with Gasteiger partial charge in [-0.1, -0.05) is 42.3 Å². The Morgan fingerprint density at radius 1 is 0.906 bits per heavy atom. The van der Waals surface area contributed by atoms with E-state index in [2.05, 4.69) is 10.7 Å². The maximum atomic E-state index is 14.1. The van der Waals surface area contributed by atoms with Crippen molar-refractivity contribution in [1.82, 2.24) is 0 Å². The molecule has 0 heterocycles. The first kappa shape index (κ1) is 23.2. The second kappa shape index (κ2) is 9.78. The molecule has 0 saturated heterocycles. The van der Waals surface area contributed by atoms with E-state index in [-0.39, 0.29) is 11.5 Å². The van der Waals surface area contributed by atoms with Gasteiger partial charge in [0.2, 0.25) is 0 Å². The van der Waals surface area contributed by atoms with Crippen LogP contribution in [-0.2, 0) is 11.8 Å². The molecule has 3 rings (SSSR count). The number of hydrogen-bond acceptors (Lipinski definition) is 2. The molecule has 0 amide bonds. The smallest absolute Gasteiger partial charge is 0.454 e. The number of terminal acetylenes is 1. The Hall–Kier alpha value is -3.46. The first-order chi connectivity index (χ1) is 15.2. The van der Waals surface area contributed by atoms with Crippen LogP contribution in [0.5, 0.6) is 17.2 Å². The Balaban J connectivity index is 1.64. The highest BCUT2D eigenvalue weighted by Gasteiger charge is 2.31. The Bertz CT molecular complexity index is 1070. The van der Waals surface area contributed by atoms with Crippen LogP contribution in [0, 0.1) is 18.2 Å². The summed E-state index contributed by atoms with van der Waals surface area (Å²) >= 11 is 0. The van der Waals surface area contributed by atoms with Gasteiger partial charge in [0.15, 0.2) is 11.6 Å². The Morgan fingerprint density at radius 2 is 1.59 bits per heavy atom. The summed E-state index contributed by atoms with van der Waals surface area (Å²) in [5, 5.41) is 0. The van der Waals surface area contributed by atoms with Crippen molar-refractivity contribution in [3.63, 3.8) is 0 Å². The third-order valence-corrected chi connectivity index (χ3v) is 5.15. The van der Waals surface area contributed by atoms with Crippen LogP contribution in [-0.4, -0.2) is 6.36 Å². The monoisotopic (exact) mass is 442 g/mol. The van der Waals surface area contributed by atoms with E-state index in [1.165, 1.54) is 18.2 Å². The second-order valence-electron chi connectivity index (χ2n) is 7.58. The van der Waals surface area contributed by atoms with Gasteiger partial charge in [-0.2, -0.15) is 0 Å². The lowest BCUT2D eigenvalue weighted by atomic mass is 9.78. The van der Waals surface area contributed by atoms with E-state index in [1.54, 1.807) is 48.5 Å². The average Bonchev–Trinajstić information content (AvgIpc) is 2.76. The predicted molar refractivity (Wildman–Crippen MR) is 115 cm³/mol. The molecule has 0 aliphatic heterocycles. The van der Waals surface area contributed by atoms with Gasteiger partial charge >= 0.3 is 6.36 Å². The molecule has 166 valence electrons. The molecule has 0 radical (unpaired) electrons. The van der Waals surface area contributed by atoms with Gasteiger partial charge in [-0.3, -0.25) is 0 Å². The zero-order chi connectivity index (χ0) is 23.2. The van der Waals surface area contributed by atoms with Crippen molar-refractivity contribution in [3.05, 3.63) is 89.7 Å². The molecule has 3 aromatic rings. The quantitative estimate of drug-likeness (QED) is 0.267. The van der Waals surface area contributed by atoms with Crippen LogP contribution in [0.3, 0.4) is 0 Å². The van der Waals surface area contributed by atoms with E-state index in [1.807, 2.05) is 13.0 Å². The zero-order valence-corrected chi connectivity index (χ0v) is 17.5. The Morgan fingerprint density at radius 3 is 2.22 bits per heavy atom. The van der Waals surface area contributed by atoms with Crippen LogP contribution >= 0.6 is 0 Å². The van der Waals surface area contributed by atoms with Gasteiger partial charge < -0.3 is 9.47 Å². The normalized spacial score (nSPS) is 13.1. The lowest BCUT2D eigenvalue weighted by Gasteiger charge is -2.24. The van der Waals surface area contributed by atoms with Gasteiger partial charge in [-0.25, -0.2) is 4.39 Å². The van der Waals surface area contributed by atoms with Gasteiger partial charge in [0.05, 0.1) is 5.41 Å². The maximum Gasteiger partial charge on any atom is 0.573 e. The highest BCUT2D eigenvalue weighted by molar-refractivity contribution is 5.38. The number of aryl methyl sites for hydroxylation is 1. The number of hydrogen-bond donors (Lipinski definition) is 0. The van der Waals surface area contributed by atoms with E-state index in [0.717, 1.165) is 11.1 Å². The van der Waals surface area contributed by atoms with Crippen molar-refractivity contribution in [2.24, 2.45) is 0 Å². The van der Waals surface area contributed by atoms with Crippen LogP contribution < -0.4 is 9.47 Å². The van der Waals surface area contributed by atoms with E-state index in [9.17, 15) is 17.6 Å². The van der Waals surface area contributed by atoms with Crippen molar-refractivity contribution >= 4 is 0 Å². The zero-order valence-electron chi connectivity index (χ0n) is 17.5. The summed E-state index contributed by atoms with van der Waals surface area (Å²) in [6, 6.07) is 19.3. The molecule has 0 N–H and O–H groups in total. The number of rotatable bonds is 8. The minimum absolute atomic E-state index is 0.147. The van der Waals surface area contributed by atoms with Crippen LogP contribution in [0.15, 0.2) is 72.8 Å². The third kappa shape index (κ3) is 6.27. The molecule has 3 aromatic carbocycles. The summed E-state index contributed by atoms with van der Waals surface area (Å²) in [5.74, 6) is 2.70. The fourth-order valence-electron chi connectivity index (χ4n) is 3.37. The fraction of sp³-hybridized carbons (Fsp3) is 0.231. The summed E-state index contributed by atoms with van der Waals surface area (Å²) in [5.41, 5.74) is 0.951. The van der Waals surface area contributed by atoms with Crippen LogP contribution in [0.25, 0.3) is 0 Å². The molecule has 1 atom stereocenters. The van der Waals surface area contributed by atoms with Crippen molar-refractivity contribution in [2.45, 2.75) is 38.0 Å². The molecular formula is C26H22F4O2. The van der Waals surface area contributed by atoms with E-state index in [0.29, 0.717) is 25.0 Å². The molecule has 0 spiro atoms. The summed E-state index contributed by atoms with van der Waals surface area (Å²) in [7, 11) is 0. The number of alkyl halides is 3. The van der Waals surface area contributed by atoms with E-state index in [4.69, 9.17) is 11.2 Å². The van der Waals surface area contributed by atoms with Gasteiger partial charge in [0, 0.05) is 0 Å². The number of benzene rings is 3. The number of ether oxygens (including phenoxy) is 2. The van der Waals surface area contributed by atoms with Crippen molar-refractivity contribution < 1.29 is 27.0 Å². The topological polar surface area (TPSA) is 18.5 Å². The van der Waals surface area contributed by atoms with E-state index < -0.39 is 17.6 Å². The minimum Gasteiger partial charge on any atom is -0.454 e. The molecule has 6 heteroatoms. The predicted octanol–water partition coefficient (Wildman–Crippen LogP) is 7.43. The average molecular weight is 442 g/mol. The largest absolute Gasteiger partial charge is 0.573 e. The number of para-hydroxylation sites is 1. The standard InChI is InChI=1S/C26H22F4O2/c1-3-25(2,20-12-14-22(15-13-20)32-26(28,29)30)17-7-8-19-11-16-23(27)24(18-19)31-21-9-5-4-6-10-21/h1,4-6,9-16,18H,7-8,17H2,2H3. The highest BCUT2D eigenvalue weighted by atomic mass is 19.4. The Labute approximate surface area is 184 Å². The first-order valence-electron chi connectivity index (χ1n) is 10.0.